The number of allylic oxidation sites excluding steroid dienone is 1. The molecule has 0 spiro atoms. The van der Waals surface area contributed by atoms with E-state index in [0.717, 1.165) is 31.4 Å². The van der Waals surface area contributed by atoms with Crippen LogP contribution < -0.4 is 9.64 Å². The predicted molar refractivity (Wildman–Crippen MR) is 125 cm³/mol. The molecule has 1 aliphatic rings. The summed E-state index contributed by atoms with van der Waals surface area (Å²) in [6.45, 7) is 6.30. The fourth-order valence-electron chi connectivity index (χ4n) is 4.13. The Morgan fingerprint density at radius 3 is 2.55 bits per heavy atom. The van der Waals surface area contributed by atoms with Crippen molar-refractivity contribution in [3.05, 3.63) is 60.9 Å². The van der Waals surface area contributed by atoms with E-state index in [1.165, 1.54) is 19.3 Å². The molecule has 166 valence electrons. The molecule has 5 nitrogen and oxygen atoms in total. The van der Waals surface area contributed by atoms with Gasteiger partial charge in [-0.05, 0) is 44.0 Å². The molecule has 0 aromatic heterocycles. The van der Waals surface area contributed by atoms with Crippen molar-refractivity contribution in [1.29, 1.82) is 0 Å². The molecule has 31 heavy (non-hydrogen) atoms. The molecule has 0 fully saturated rings. The SMILES string of the molecule is CCCCC1(CC)CN(c2ccccc2)c2ccc(O/C=C/C(C)=O)cc2S(=O)(=O)C1. The molecule has 6 heteroatoms. The van der Waals surface area contributed by atoms with Crippen LogP contribution in [0.3, 0.4) is 0 Å². The fourth-order valence-corrected chi connectivity index (χ4v) is 6.32. The zero-order chi connectivity index (χ0) is 22.5. The number of hydrogen-bond acceptors (Lipinski definition) is 5. The summed E-state index contributed by atoms with van der Waals surface area (Å²) in [5.41, 5.74) is 1.31. The van der Waals surface area contributed by atoms with E-state index in [1.807, 2.05) is 36.4 Å². The molecule has 1 aliphatic heterocycles. The highest BCUT2D eigenvalue weighted by Gasteiger charge is 2.41. The van der Waals surface area contributed by atoms with Crippen molar-refractivity contribution >= 4 is 27.0 Å². The molecule has 0 radical (unpaired) electrons. The highest BCUT2D eigenvalue weighted by molar-refractivity contribution is 7.91. The van der Waals surface area contributed by atoms with Crippen LogP contribution in [0.5, 0.6) is 5.75 Å². The van der Waals surface area contributed by atoms with E-state index in [-0.39, 0.29) is 21.8 Å². The van der Waals surface area contributed by atoms with Gasteiger partial charge in [0.25, 0.3) is 0 Å². The molecule has 1 heterocycles. The molecule has 0 saturated heterocycles. The normalized spacial score (nSPS) is 20.3. The largest absolute Gasteiger partial charge is 0.465 e. The second-order valence-corrected chi connectivity index (χ2v) is 10.3. The highest BCUT2D eigenvalue weighted by Crippen LogP contribution is 2.44. The molecule has 0 aliphatic carbocycles. The molecule has 2 aromatic carbocycles. The van der Waals surface area contributed by atoms with Crippen LogP contribution >= 0.6 is 0 Å². The van der Waals surface area contributed by atoms with Crippen LogP contribution in [0.25, 0.3) is 0 Å². The summed E-state index contributed by atoms with van der Waals surface area (Å²) in [6.07, 6.45) is 6.27. The van der Waals surface area contributed by atoms with Crippen molar-refractivity contribution in [2.75, 3.05) is 17.2 Å². The number of ketones is 1. The maximum absolute atomic E-state index is 13.6. The molecule has 1 atom stereocenters. The zero-order valence-electron chi connectivity index (χ0n) is 18.5. The Morgan fingerprint density at radius 1 is 1.16 bits per heavy atom. The third-order valence-electron chi connectivity index (χ3n) is 5.93. The van der Waals surface area contributed by atoms with Gasteiger partial charge in [0.2, 0.25) is 0 Å². The smallest absolute Gasteiger partial charge is 0.181 e. The number of hydrogen-bond donors (Lipinski definition) is 0. The summed E-state index contributed by atoms with van der Waals surface area (Å²) < 4.78 is 32.7. The Hall–Kier alpha value is -2.60. The van der Waals surface area contributed by atoms with Gasteiger partial charge in [0.15, 0.2) is 15.6 Å². The van der Waals surface area contributed by atoms with E-state index >= 15 is 0 Å². The van der Waals surface area contributed by atoms with Gasteiger partial charge in [-0.3, -0.25) is 4.79 Å². The lowest BCUT2D eigenvalue weighted by molar-refractivity contribution is -0.112. The van der Waals surface area contributed by atoms with Crippen molar-refractivity contribution in [3.8, 4) is 5.75 Å². The lowest BCUT2D eigenvalue weighted by Gasteiger charge is -2.36. The van der Waals surface area contributed by atoms with Gasteiger partial charge in [-0.25, -0.2) is 8.42 Å². The highest BCUT2D eigenvalue weighted by atomic mass is 32.2. The number of para-hydroxylation sites is 1. The van der Waals surface area contributed by atoms with Gasteiger partial charge in [-0.2, -0.15) is 0 Å². The van der Waals surface area contributed by atoms with Crippen LogP contribution in [0.4, 0.5) is 11.4 Å². The molecule has 0 N–H and O–H groups in total. The van der Waals surface area contributed by atoms with Crippen LogP contribution in [0.15, 0.2) is 65.8 Å². The summed E-state index contributed by atoms with van der Waals surface area (Å²) in [5, 5.41) is 0. The predicted octanol–water partition coefficient (Wildman–Crippen LogP) is 5.68. The number of sulfone groups is 1. The summed E-state index contributed by atoms with van der Waals surface area (Å²) in [5.74, 6) is 0.367. The second-order valence-electron chi connectivity index (χ2n) is 8.30. The maximum atomic E-state index is 13.6. The Kier molecular flexibility index (Phi) is 7.21. The number of carbonyl (C=O) groups is 1. The molecule has 0 bridgehead atoms. The van der Waals surface area contributed by atoms with E-state index in [1.54, 1.807) is 12.1 Å². The Morgan fingerprint density at radius 2 is 1.90 bits per heavy atom. The molecule has 3 rings (SSSR count). The van der Waals surface area contributed by atoms with Crippen molar-refractivity contribution in [2.24, 2.45) is 5.41 Å². The monoisotopic (exact) mass is 441 g/mol. The summed E-state index contributed by atoms with van der Waals surface area (Å²) >= 11 is 0. The van der Waals surface area contributed by atoms with Gasteiger partial charge in [0.05, 0.1) is 22.6 Å². The molecular weight excluding hydrogens is 410 g/mol. The lowest BCUT2D eigenvalue weighted by atomic mass is 9.81. The summed E-state index contributed by atoms with van der Waals surface area (Å²) in [4.78, 5) is 13.5. The number of anilines is 2. The van der Waals surface area contributed by atoms with E-state index < -0.39 is 9.84 Å². The van der Waals surface area contributed by atoms with Crippen molar-refractivity contribution in [1.82, 2.24) is 0 Å². The number of fused-ring (bicyclic) bond motifs is 1. The lowest BCUT2D eigenvalue weighted by Crippen LogP contribution is -2.37. The average Bonchev–Trinajstić information content (AvgIpc) is 2.85. The number of rotatable bonds is 8. The minimum atomic E-state index is -3.55. The number of nitrogens with zero attached hydrogens (tertiary/aromatic N) is 1. The van der Waals surface area contributed by atoms with Gasteiger partial charge in [0.1, 0.15) is 5.75 Å². The van der Waals surface area contributed by atoms with E-state index in [4.69, 9.17) is 4.74 Å². The van der Waals surface area contributed by atoms with Crippen molar-refractivity contribution < 1.29 is 17.9 Å². The minimum absolute atomic E-state index is 0.111. The van der Waals surface area contributed by atoms with E-state index in [0.29, 0.717) is 18.0 Å². The van der Waals surface area contributed by atoms with Crippen LogP contribution in [-0.4, -0.2) is 26.5 Å². The second kappa shape index (κ2) is 9.69. The quantitative estimate of drug-likeness (QED) is 0.389. The van der Waals surface area contributed by atoms with Crippen LogP contribution in [0.1, 0.15) is 46.5 Å². The van der Waals surface area contributed by atoms with Crippen LogP contribution in [-0.2, 0) is 14.6 Å². The number of ether oxygens (including phenoxy) is 1. The third kappa shape index (κ3) is 5.37. The van der Waals surface area contributed by atoms with Gasteiger partial charge >= 0.3 is 0 Å². The van der Waals surface area contributed by atoms with Gasteiger partial charge < -0.3 is 9.64 Å². The number of unbranched alkanes of at least 4 members (excludes halogenated alkanes) is 1. The zero-order valence-corrected chi connectivity index (χ0v) is 19.3. The van der Waals surface area contributed by atoms with Gasteiger partial charge in [0, 0.05) is 29.8 Å². The van der Waals surface area contributed by atoms with Gasteiger partial charge in [-0.1, -0.05) is 44.9 Å². The first kappa shape index (κ1) is 23.1. The van der Waals surface area contributed by atoms with Crippen LogP contribution in [0, 0.1) is 5.41 Å². The summed E-state index contributed by atoms with van der Waals surface area (Å²) in [7, 11) is -3.55. The molecule has 1 unspecified atom stereocenters. The first-order chi connectivity index (χ1) is 14.8. The Balaban J connectivity index is 2.13. The van der Waals surface area contributed by atoms with E-state index in [9.17, 15) is 13.2 Å². The van der Waals surface area contributed by atoms with Crippen LogP contribution in [0.2, 0.25) is 0 Å². The van der Waals surface area contributed by atoms with Crippen molar-refractivity contribution in [3.63, 3.8) is 0 Å². The Bertz CT molecular complexity index is 1050. The minimum Gasteiger partial charge on any atom is -0.465 e. The van der Waals surface area contributed by atoms with Crippen molar-refractivity contribution in [2.45, 2.75) is 51.3 Å². The number of carbonyl (C=O) groups excluding carboxylic acids is 1. The molecule has 0 saturated carbocycles. The maximum Gasteiger partial charge on any atom is 0.181 e. The topological polar surface area (TPSA) is 63.7 Å². The first-order valence-corrected chi connectivity index (χ1v) is 12.5. The fraction of sp³-hybridized carbons (Fsp3) is 0.400. The average molecular weight is 442 g/mol. The molecule has 0 amide bonds. The van der Waals surface area contributed by atoms with E-state index in [2.05, 4.69) is 18.7 Å². The first-order valence-electron chi connectivity index (χ1n) is 10.8. The van der Waals surface area contributed by atoms with Gasteiger partial charge in [-0.15, -0.1) is 0 Å². The summed E-state index contributed by atoms with van der Waals surface area (Å²) in [6, 6.07) is 15.1. The third-order valence-corrected chi connectivity index (χ3v) is 7.92. The molecule has 2 aromatic rings. The Labute approximate surface area is 185 Å². The standard InChI is InChI=1S/C25H31NO4S/c1-4-6-15-25(5-2)18-26(21-10-8-7-9-11-21)23-13-12-22(30-16-14-20(3)27)17-24(23)31(28,29)19-25/h7-14,16-17H,4-6,15,18-19H2,1-3H3/b16-14+. The molecular formula is C25H31NO4S. The number of benzene rings is 2.